The zero-order chi connectivity index (χ0) is 10.8. The van der Waals surface area contributed by atoms with Gasteiger partial charge in [-0.1, -0.05) is 22.0 Å². The summed E-state index contributed by atoms with van der Waals surface area (Å²) in [4.78, 5) is 17.2. The fraction of sp³-hybridized carbons (Fsp3) is 0.364. The van der Waals surface area contributed by atoms with Gasteiger partial charge in [-0.2, -0.15) is 0 Å². The lowest BCUT2D eigenvalue weighted by Crippen LogP contribution is -2.27. The molecule has 0 radical (unpaired) electrons. The molecule has 1 saturated heterocycles. The molecular weight excluding hydrogens is 258 g/mol. The summed E-state index contributed by atoms with van der Waals surface area (Å²) in [5, 5.41) is 1.44. The Hall–Kier alpha value is -0.870. The first-order chi connectivity index (χ1) is 7.20. The fourth-order valence-corrected chi connectivity index (χ4v) is 1.95. The molecule has 4 heteroatoms. The number of nitrogens with zero attached hydrogens (tertiary/aromatic N) is 1. The van der Waals surface area contributed by atoms with Crippen molar-refractivity contribution < 1.29 is 9.63 Å². The van der Waals surface area contributed by atoms with Gasteiger partial charge in [0, 0.05) is 10.0 Å². The molecule has 1 aromatic rings. The number of hydrogen-bond donors (Lipinski definition) is 0. The Balaban J connectivity index is 2.28. The molecule has 0 N–H and O–H groups in total. The van der Waals surface area contributed by atoms with E-state index in [9.17, 15) is 4.79 Å². The molecule has 0 saturated carbocycles. The van der Waals surface area contributed by atoms with Crippen LogP contribution in [0.1, 0.15) is 22.3 Å². The standard InChI is InChI=1S/C11H12BrNO2/c1-8-9(4-2-5-10(8)12)11(14)13-6-3-7-15-13/h2,4-5H,3,6-7H2,1H3. The molecule has 0 aromatic heterocycles. The largest absolute Gasteiger partial charge is 0.277 e. The minimum atomic E-state index is -0.0497. The third-order valence-electron chi connectivity index (χ3n) is 2.48. The van der Waals surface area contributed by atoms with Crippen LogP contribution in [-0.2, 0) is 4.84 Å². The Bertz CT molecular complexity index is 386. The fourth-order valence-electron chi connectivity index (χ4n) is 1.58. The number of hydrogen-bond acceptors (Lipinski definition) is 2. The smallest absolute Gasteiger partial charge is 0.271 e. The highest BCUT2D eigenvalue weighted by molar-refractivity contribution is 9.10. The van der Waals surface area contributed by atoms with E-state index in [2.05, 4.69) is 15.9 Å². The van der Waals surface area contributed by atoms with E-state index in [1.807, 2.05) is 25.1 Å². The Labute approximate surface area is 97.1 Å². The van der Waals surface area contributed by atoms with Crippen molar-refractivity contribution in [3.63, 3.8) is 0 Å². The van der Waals surface area contributed by atoms with E-state index in [1.54, 1.807) is 0 Å². The highest BCUT2D eigenvalue weighted by Crippen LogP contribution is 2.21. The maximum atomic E-state index is 12.0. The number of carbonyl (C=O) groups is 1. The van der Waals surface area contributed by atoms with E-state index >= 15 is 0 Å². The van der Waals surface area contributed by atoms with Gasteiger partial charge in [0.2, 0.25) is 0 Å². The molecule has 1 heterocycles. The summed E-state index contributed by atoms with van der Waals surface area (Å²) in [5.41, 5.74) is 1.66. The van der Waals surface area contributed by atoms with Crippen LogP contribution in [0.2, 0.25) is 0 Å². The average Bonchev–Trinajstić information content (AvgIpc) is 2.74. The van der Waals surface area contributed by atoms with Gasteiger partial charge < -0.3 is 0 Å². The maximum absolute atomic E-state index is 12.0. The number of benzene rings is 1. The van der Waals surface area contributed by atoms with Crippen LogP contribution in [0.25, 0.3) is 0 Å². The summed E-state index contributed by atoms with van der Waals surface area (Å²) in [6, 6.07) is 5.61. The Kier molecular flexibility index (Phi) is 3.07. The van der Waals surface area contributed by atoms with Gasteiger partial charge in [-0.15, -0.1) is 0 Å². The summed E-state index contributed by atoms with van der Waals surface area (Å²) < 4.78 is 0.951. The molecule has 0 aliphatic carbocycles. The molecule has 0 bridgehead atoms. The van der Waals surface area contributed by atoms with E-state index in [1.165, 1.54) is 5.06 Å². The first-order valence-corrected chi connectivity index (χ1v) is 5.69. The van der Waals surface area contributed by atoms with Crippen molar-refractivity contribution in [2.24, 2.45) is 0 Å². The van der Waals surface area contributed by atoms with E-state index in [-0.39, 0.29) is 5.91 Å². The third-order valence-corrected chi connectivity index (χ3v) is 3.34. The number of hydroxylamine groups is 2. The van der Waals surface area contributed by atoms with Crippen molar-refractivity contribution in [3.8, 4) is 0 Å². The zero-order valence-corrected chi connectivity index (χ0v) is 10.1. The predicted molar refractivity (Wildman–Crippen MR) is 60.5 cm³/mol. The van der Waals surface area contributed by atoms with Crippen molar-refractivity contribution in [2.45, 2.75) is 13.3 Å². The molecule has 80 valence electrons. The predicted octanol–water partition coefficient (Wildman–Crippen LogP) is 2.54. The topological polar surface area (TPSA) is 29.5 Å². The van der Waals surface area contributed by atoms with Crippen LogP contribution in [0.4, 0.5) is 0 Å². The minimum Gasteiger partial charge on any atom is -0.271 e. The Morgan fingerprint density at radius 2 is 2.33 bits per heavy atom. The van der Waals surface area contributed by atoms with Crippen LogP contribution in [0, 0.1) is 6.92 Å². The van der Waals surface area contributed by atoms with E-state index in [0.717, 1.165) is 16.5 Å². The molecule has 0 spiro atoms. The lowest BCUT2D eigenvalue weighted by Gasteiger charge is -2.15. The van der Waals surface area contributed by atoms with Gasteiger partial charge in [0.15, 0.2) is 0 Å². The second-order valence-corrected chi connectivity index (χ2v) is 4.36. The first kappa shape index (κ1) is 10.6. The molecule has 15 heavy (non-hydrogen) atoms. The molecule has 1 aromatic carbocycles. The number of rotatable bonds is 1. The van der Waals surface area contributed by atoms with Crippen LogP contribution in [0.15, 0.2) is 22.7 Å². The molecule has 1 amide bonds. The number of amides is 1. The first-order valence-electron chi connectivity index (χ1n) is 4.90. The summed E-state index contributed by atoms with van der Waals surface area (Å²) in [6.07, 6.45) is 0.915. The highest BCUT2D eigenvalue weighted by atomic mass is 79.9. The number of halogens is 1. The third kappa shape index (κ3) is 2.06. The van der Waals surface area contributed by atoms with E-state index in [4.69, 9.17) is 4.84 Å². The van der Waals surface area contributed by atoms with Gasteiger partial charge in [0.25, 0.3) is 5.91 Å². The van der Waals surface area contributed by atoms with E-state index in [0.29, 0.717) is 18.7 Å². The van der Waals surface area contributed by atoms with Crippen molar-refractivity contribution in [3.05, 3.63) is 33.8 Å². The average molecular weight is 270 g/mol. The molecule has 3 nitrogen and oxygen atoms in total. The van der Waals surface area contributed by atoms with E-state index < -0.39 is 0 Å². The van der Waals surface area contributed by atoms with Crippen LogP contribution < -0.4 is 0 Å². The normalized spacial score (nSPS) is 15.7. The summed E-state index contributed by atoms with van der Waals surface area (Å²) in [6.45, 7) is 3.25. The second kappa shape index (κ2) is 4.33. The highest BCUT2D eigenvalue weighted by Gasteiger charge is 2.22. The van der Waals surface area contributed by atoms with Crippen LogP contribution in [0.3, 0.4) is 0 Å². The summed E-state index contributed by atoms with van der Waals surface area (Å²) in [7, 11) is 0. The summed E-state index contributed by atoms with van der Waals surface area (Å²) in [5.74, 6) is -0.0497. The van der Waals surface area contributed by atoms with Crippen LogP contribution in [0.5, 0.6) is 0 Å². The SMILES string of the molecule is Cc1c(Br)cccc1C(=O)N1CCCO1. The van der Waals surface area contributed by atoms with Gasteiger partial charge in [-0.25, -0.2) is 5.06 Å². The number of carbonyl (C=O) groups excluding carboxylic acids is 1. The van der Waals surface area contributed by atoms with Gasteiger partial charge in [0.05, 0.1) is 13.2 Å². The quantitative estimate of drug-likeness (QED) is 0.784. The minimum absolute atomic E-state index is 0.0497. The lowest BCUT2D eigenvalue weighted by molar-refractivity contribution is -0.0768. The van der Waals surface area contributed by atoms with Crippen molar-refractivity contribution in [1.29, 1.82) is 0 Å². The monoisotopic (exact) mass is 269 g/mol. The van der Waals surface area contributed by atoms with Gasteiger partial charge in [-0.05, 0) is 31.0 Å². The Morgan fingerprint density at radius 3 is 3.00 bits per heavy atom. The molecule has 0 atom stereocenters. The lowest BCUT2D eigenvalue weighted by atomic mass is 10.1. The maximum Gasteiger partial charge on any atom is 0.277 e. The molecule has 1 aliphatic heterocycles. The second-order valence-electron chi connectivity index (χ2n) is 3.51. The van der Waals surface area contributed by atoms with Gasteiger partial charge >= 0.3 is 0 Å². The molecule has 0 unspecified atom stereocenters. The van der Waals surface area contributed by atoms with Crippen molar-refractivity contribution in [1.82, 2.24) is 5.06 Å². The Morgan fingerprint density at radius 1 is 1.53 bits per heavy atom. The van der Waals surface area contributed by atoms with Crippen LogP contribution >= 0.6 is 15.9 Å². The van der Waals surface area contributed by atoms with Gasteiger partial charge in [0.1, 0.15) is 0 Å². The van der Waals surface area contributed by atoms with Gasteiger partial charge in [-0.3, -0.25) is 9.63 Å². The molecule has 2 rings (SSSR count). The van der Waals surface area contributed by atoms with Crippen molar-refractivity contribution >= 4 is 21.8 Å². The zero-order valence-electron chi connectivity index (χ0n) is 8.50. The molecular formula is C11H12BrNO2. The van der Waals surface area contributed by atoms with Crippen molar-refractivity contribution in [2.75, 3.05) is 13.2 Å². The molecule has 1 fully saturated rings. The summed E-state index contributed by atoms with van der Waals surface area (Å²) >= 11 is 3.41. The van der Waals surface area contributed by atoms with Crippen LogP contribution in [-0.4, -0.2) is 24.1 Å². The molecule has 1 aliphatic rings.